The van der Waals surface area contributed by atoms with E-state index in [9.17, 15) is 4.79 Å². The fraction of sp³-hybridized carbons (Fsp3) is 0.682. The average Bonchev–Trinajstić information content (AvgIpc) is 2.53. The van der Waals surface area contributed by atoms with Gasteiger partial charge in [-0.15, -0.1) is 0 Å². The predicted molar refractivity (Wildman–Crippen MR) is 102 cm³/mol. The number of carbonyl (C=O) groups excluding carboxylic acids is 1. The summed E-state index contributed by atoms with van der Waals surface area (Å²) in [7, 11) is 1.66. The Morgan fingerprint density at radius 2 is 1.69 bits per heavy atom. The van der Waals surface area contributed by atoms with Crippen molar-refractivity contribution in [3.63, 3.8) is 0 Å². The van der Waals surface area contributed by atoms with E-state index in [1.807, 2.05) is 24.3 Å². The molecule has 26 heavy (non-hydrogen) atoms. The van der Waals surface area contributed by atoms with Gasteiger partial charge in [0.1, 0.15) is 12.4 Å². The molecule has 4 heteroatoms. The fourth-order valence-electron chi connectivity index (χ4n) is 6.84. The Morgan fingerprint density at radius 1 is 1.04 bits per heavy atom. The molecule has 4 nitrogen and oxygen atoms in total. The van der Waals surface area contributed by atoms with Crippen LogP contribution in [0.25, 0.3) is 0 Å². The van der Waals surface area contributed by atoms with Crippen molar-refractivity contribution >= 4 is 11.6 Å². The van der Waals surface area contributed by atoms with Crippen LogP contribution in [0, 0.1) is 22.2 Å². The third kappa shape index (κ3) is 3.24. The molecule has 0 spiro atoms. The highest BCUT2D eigenvalue weighted by atomic mass is 16.5. The molecule has 1 N–H and O–H groups in total. The van der Waals surface area contributed by atoms with Gasteiger partial charge in [0.2, 0.25) is 5.91 Å². The Hall–Kier alpha value is -1.55. The fourth-order valence-corrected chi connectivity index (χ4v) is 6.84. The quantitative estimate of drug-likeness (QED) is 0.754. The van der Waals surface area contributed by atoms with Gasteiger partial charge in [-0.25, -0.2) is 0 Å². The molecule has 4 aliphatic carbocycles. The van der Waals surface area contributed by atoms with Crippen LogP contribution in [0.2, 0.25) is 0 Å². The van der Waals surface area contributed by atoms with Crippen LogP contribution in [0.1, 0.15) is 52.4 Å². The smallest absolute Gasteiger partial charge is 0.230 e. The zero-order valence-electron chi connectivity index (χ0n) is 16.3. The number of rotatable bonds is 6. The lowest BCUT2D eigenvalue weighted by Gasteiger charge is -2.64. The van der Waals surface area contributed by atoms with E-state index in [4.69, 9.17) is 9.47 Å². The van der Waals surface area contributed by atoms with Crippen LogP contribution in [-0.2, 0) is 9.53 Å². The molecule has 142 valence electrons. The van der Waals surface area contributed by atoms with Crippen LogP contribution in [0.5, 0.6) is 5.75 Å². The van der Waals surface area contributed by atoms with Gasteiger partial charge in [-0.3, -0.25) is 4.79 Å². The Labute approximate surface area is 156 Å². The van der Waals surface area contributed by atoms with Crippen LogP contribution in [0.4, 0.5) is 5.69 Å². The molecular weight excluding hydrogens is 326 g/mol. The minimum atomic E-state index is -0.170. The van der Waals surface area contributed by atoms with Gasteiger partial charge in [-0.2, -0.15) is 0 Å². The molecule has 4 fully saturated rings. The van der Waals surface area contributed by atoms with E-state index in [1.165, 1.54) is 19.3 Å². The summed E-state index contributed by atoms with van der Waals surface area (Å²) in [5.41, 5.74) is 1.39. The summed E-state index contributed by atoms with van der Waals surface area (Å²) >= 11 is 0. The molecule has 4 aliphatic rings. The lowest BCUT2D eigenvalue weighted by molar-refractivity contribution is -0.165. The summed E-state index contributed by atoms with van der Waals surface area (Å²) in [6.45, 7) is 5.91. The highest BCUT2D eigenvalue weighted by Crippen LogP contribution is 2.69. The van der Waals surface area contributed by atoms with E-state index in [2.05, 4.69) is 19.2 Å². The average molecular weight is 357 g/mol. The van der Waals surface area contributed by atoms with Crippen LogP contribution >= 0.6 is 0 Å². The first-order valence-electron chi connectivity index (χ1n) is 9.87. The molecule has 4 bridgehead atoms. The Kier molecular flexibility index (Phi) is 4.30. The van der Waals surface area contributed by atoms with E-state index in [0.29, 0.717) is 24.0 Å². The van der Waals surface area contributed by atoms with Crippen molar-refractivity contribution < 1.29 is 14.3 Å². The molecule has 2 unspecified atom stereocenters. The normalized spacial score (nSPS) is 37.6. The molecular formula is C22H31NO3. The second kappa shape index (κ2) is 6.26. The Bertz CT molecular complexity index is 665. The first kappa shape index (κ1) is 17.8. The van der Waals surface area contributed by atoms with E-state index < -0.39 is 0 Å². The van der Waals surface area contributed by atoms with Gasteiger partial charge in [0.05, 0.1) is 12.0 Å². The van der Waals surface area contributed by atoms with E-state index in [0.717, 1.165) is 36.6 Å². The molecule has 1 amide bonds. The Morgan fingerprint density at radius 3 is 2.27 bits per heavy atom. The molecule has 4 saturated carbocycles. The summed E-state index contributed by atoms with van der Waals surface area (Å²) in [4.78, 5) is 13.3. The first-order valence-corrected chi connectivity index (χ1v) is 9.87. The zero-order chi connectivity index (χ0) is 18.4. The topological polar surface area (TPSA) is 47.6 Å². The summed E-state index contributed by atoms with van der Waals surface area (Å²) < 4.78 is 10.6. The molecule has 5 rings (SSSR count). The second-order valence-corrected chi connectivity index (χ2v) is 9.73. The molecule has 0 aromatic heterocycles. The molecule has 0 radical (unpaired) electrons. The van der Waals surface area contributed by atoms with Crippen molar-refractivity contribution in [3.8, 4) is 5.75 Å². The van der Waals surface area contributed by atoms with Crippen LogP contribution in [0.3, 0.4) is 0 Å². The number of ether oxygens (including phenoxy) is 2. The minimum Gasteiger partial charge on any atom is -0.491 e. The van der Waals surface area contributed by atoms with E-state index in [1.54, 1.807) is 7.11 Å². The van der Waals surface area contributed by atoms with Crippen molar-refractivity contribution in [2.24, 2.45) is 22.2 Å². The van der Waals surface area contributed by atoms with Crippen molar-refractivity contribution in [2.45, 2.75) is 52.4 Å². The van der Waals surface area contributed by atoms with Crippen molar-refractivity contribution in [1.29, 1.82) is 0 Å². The number of hydrogen-bond donors (Lipinski definition) is 1. The van der Waals surface area contributed by atoms with Crippen LogP contribution in [0.15, 0.2) is 24.3 Å². The molecule has 1 aromatic carbocycles. The summed E-state index contributed by atoms with van der Waals surface area (Å²) in [5, 5.41) is 3.21. The lowest BCUT2D eigenvalue weighted by atomic mass is 9.40. The molecule has 0 heterocycles. The van der Waals surface area contributed by atoms with Crippen molar-refractivity contribution in [1.82, 2.24) is 0 Å². The minimum absolute atomic E-state index is 0.170. The monoisotopic (exact) mass is 357 g/mol. The highest BCUT2D eigenvalue weighted by Gasteiger charge is 2.62. The Balaban J connectivity index is 1.45. The van der Waals surface area contributed by atoms with Gasteiger partial charge in [-0.1, -0.05) is 13.8 Å². The maximum atomic E-state index is 13.3. The molecule has 1 aromatic rings. The van der Waals surface area contributed by atoms with Gasteiger partial charge < -0.3 is 14.8 Å². The zero-order valence-corrected chi connectivity index (χ0v) is 16.3. The number of anilines is 1. The largest absolute Gasteiger partial charge is 0.491 e. The second-order valence-electron chi connectivity index (χ2n) is 9.73. The number of methoxy groups -OCH3 is 1. The first-order chi connectivity index (χ1) is 12.3. The molecule has 2 atom stereocenters. The number of nitrogens with one attached hydrogen (secondary N) is 1. The van der Waals surface area contributed by atoms with Gasteiger partial charge in [-0.05, 0) is 79.5 Å². The number of hydrogen-bond acceptors (Lipinski definition) is 3. The van der Waals surface area contributed by atoms with Gasteiger partial charge in [0, 0.05) is 12.8 Å². The lowest BCUT2D eigenvalue weighted by Crippen LogP contribution is -2.58. The molecule has 0 saturated heterocycles. The summed E-state index contributed by atoms with van der Waals surface area (Å²) in [5.74, 6) is 1.76. The highest BCUT2D eigenvalue weighted by molar-refractivity contribution is 5.95. The van der Waals surface area contributed by atoms with Gasteiger partial charge in [0.15, 0.2) is 0 Å². The molecule has 0 aliphatic heterocycles. The van der Waals surface area contributed by atoms with Crippen molar-refractivity contribution in [2.75, 3.05) is 25.6 Å². The maximum Gasteiger partial charge on any atom is 0.230 e. The van der Waals surface area contributed by atoms with Crippen molar-refractivity contribution in [3.05, 3.63) is 24.3 Å². The number of amides is 1. The third-order valence-electron chi connectivity index (χ3n) is 6.78. The van der Waals surface area contributed by atoms with Gasteiger partial charge in [0.25, 0.3) is 0 Å². The standard InChI is InChI=1S/C22H31NO3/c1-20-10-16-11-21(2,13-20)15-22(12-16,14-20)19(24)23-17-4-6-18(7-5-17)26-9-8-25-3/h4-7,16H,8-15H2,1-3H3,(H,23,24). The van der Waals surface area contributed by atoms with E-state index >= 15 is 0 Å². The summed E-state index contributed by atoms with van der Waals surface area (Å²) in [6.07, 6.45) is 7.09. The SMILES string of the molecule is COCCOc1ccc(NC(=O)C23CC4CC(C)(CC(C)(C4)C2)C3)cc1. The van der Waals surface area contributed by atoms with E-state index in [-0.39, 0.29) is 11.3 Å². The van der Waals surface area contributed by atoms with Crippen LogP contribution in [-0.4, -0.2) is 26.2 Å². The van der Waals surface area contributed by atoms with Gasteiger partial charge >= 0.3 is 0 Å². The number of carbonyl (C=O) groups is 1. The predicted octanol–water partition coefficient (Wildman–Crippen LogP) is 4.65. The van der Waals surface area contributed by atoms with Crippen LogP contribution < -0.4 is 10.1 Å². The third-order valence-corrected chi connectivity index (χ3v) is 6.78. The maximum absolute atomic E-state index is 13.3. The number of benzene rings is 1. The summed E-state index contributed by atoms with van der Waals surface area (Å²) in [6, 6.07) is 7.69.